The molecule has 0 radical (unpaired) electrons. The zero-order valence-electron chi connectivity index (χ0n) is 16.5. The first kappa shape index (κ1) is 20.5. The van der Waals surface area contributed by atoms with Gasteiger partial charge in [0.2, 0.25) is 0 Å². The van der Waals surface area contributed by atoms with Crippen molar-refractivity contribution < 1.29 is 9.53 Å². The van der Waals surface area contributed by atoms with Gasteiger partial charge < -0.3 is 4.74 Å². The Balaban J connectivity index is 1.96. The summed E-state index contributed by atoms with van der Waals surface area (Å²) >= 11 is 4.77. The molecule has 1 atom stereocenters. The van der Waals surface area contributed by atoms with E-state index in [0.29, 0.717) is 20.6 Å². The highest BCUT2D eigenvalue weighted by molar-refractivity contribution is 9.10. The Morgan fingerprint density at radius 3 is 2.57 bits per heavy atom. The Hall–Kier alpha value is -2.77. The van der Waals surface area contributed by atoms with E-state index in [0.717, 1.165) is 15.6 Å². The van der Waals surface area contributed by atoms with Crippen molar-refractivity contribution in [3.8, 4) is 0 Å². The van der Waals surface area contributed by atoms with Crippen molar-refractivity contribution in [3.05, 3.63) is 101 Å². The van der Waals surface area contributed by atoms with Gasteiger partial charge in [0.15, 0.2) is 4.80 Å². The summed E-state index contributed by atoms with van der Waals surface area (Å²) in [6.07, 6.45) is 1.85. The Labute approximate surface area is 185 Å². The molecule has 0 N–H and O–H groups in total. The van der Waals surface area contributed by atoms with Gasteiger partial charge in [-0.1, -0.05) is 69.7 Å². The fraction of sp³-hybridized carbons (Fsp3) is 0.174. The minimum atomic E-state index is -0.591. The number of benzene rings is 2. The first-order valence-corrected chi connectivity index (χ1v) is 11.1. The number of ether oxygens (including phenoxy) is 1. The molecule has 4 rings (SSSR count). The van der Waals surface area contributed by atoms with Crippen LogP contribution in [0.4, 0.5) is 0 Å². The largest absolute Gasteiger partial charge is 0.463 e. The Kier molecular flexibility index (Phi) is 5.83. The maximum atomic E-state index is 13.4. The molecule has 1 aliphatic rings. The lowest BCUT2D eigenvalue weighted by Crippen LogP contribution is -2.39. The van der Waals surface area contributed by atoms with Gasteiger partial charge in [-0.05, 0) is 43.2 Å². The first-order chi connectivity index (χ1) is 14.5. The third-order valence-corrected chi connectivity index (χ3v) is 6.31. The Bertz CT molecular complexity index is 1310. The molecule has 152 valence electrons. The van der Waals surface area contributed by atoms with Crippen molar-refractivity contribution in [2.75, 3.05) is 6.61 Å². The van der Waals surface area contributed by atoms with Crippen molar-refractivity contribution in [2.45, 2.75) is 19.9 Å². The molecule has 0 saturated carbocycles. The van der Waals surface area contributed by atoms with Crippen LogP contribution in [0.25, 0.3) is 6.08 Å². The molecule has 0 fully saturated rings. The molecule has 2 heterocycles. The van der Waals surface area contributed by atoms with Crippen LogP contribution >= 0.6 is 27.3 Å². The molecule has 3 aromatic rings. The van der Waals surface area contributed by atoms with Crippen LogP contribution in [0.15, 0.2) is 80.1 Å². The molecule has 0 bridgehead atoms. The van der Waals surface area contributed by atoms with Crippen LogP contribution in [-0.2, 0) is 9.53 Å². The number of carbonyl (C=O) groups excluding carboxylic acids is 1. The predicted octanol–water partition coefficient (Wildman–Crippen LogP) is 3.56. The van der Waals surface area contributed by atoms with E-state index in [-0.39, 0.29) is 12.2 Å². The summed E-state index contributed by atoms with van der Waals surface area (Å²) in [6, 6.07) is 16.7. The van der Waals surface area contributed by atoms with Crippen LogP contribution in [0, 0.1) is 0 Å². The van der Waals surface area contributed by atoms with Gasteiger partial charge in [-0.25, -0.2) is 9.79 Å². The van der Waals surface area contributed by atoms with Gasteiger partial charge in [-0.2, -0.15) is 0 Å². The van der Waals surface area contributed by atoms with Gasteiger partial charge in [0.05, 0.1) is 28.5 Å². The zero-order chi connectivity index (χ0) is 21.3. The second-order valence-corrected chi connectivity index (χ2v) is 8.69. The third-order valence-electron chi connectivity index (χ3n) is 4.80. The summed E-state index contributed by atoms with van der Waals surface area (Å²) in [5.74, 6) is -0.455. The summed E-state index contributed by atoms with van der Waals surface area (Å²) in [5, 5.41) is 0. The summed E-state index contributed by atoms with van der Waals surface area (Å²) < 4.78 is 8.39. The van der Waals surface area contributed by atoms with Crippen molar-refractivity contribution in [2.24, 2.45) is 4.99 Å². The number of nitrogens with zero attached hydrogens (tertiary/aromatic N) is 2. The number of esters is 1. The van der Waals surface area contributed by atoms with Crippen LogP contribution in [0.1, 0.15) is 31.0 Å². The fourth-order valence-corrected chi connectivity index (χ4v) is 4.76. The second-order valence-electron chi connectivity index (χ2n) is 6.76. The lowest BCUT2D eigenvalue weighted by Gasteiger charge is -2.24. The summed E-state index contributed by atoms with van der Waals surface area (Å²) in [7, 11) is 0. The number of hydrogen-bond donors (Lipinski definition) is 0. The van der Waals surface area contributed by atoms with E-state index in [9.17, 15) is 9.59 Å². The van der Waals surface area contributed by atoms with Crippen molar-refractivity contribution >= 4 is 39.3 Å². The van der Waals surface area contributed by atoms with E-state index in [2.05, 4.69) is 20.9 Å². The normalized spacial score (nSPS) is 16.2. The molecule has 1 aromatic heterocycles. The van der Waals surface area contributed by atoms with E-state index < -0.39 is 12.0 Å². The maximum absolute atomic E-state index is 13.4. The molecule has 0 spiro atoms. The van der Waals surface area contributed by atoms with Crippen molar-refractivity contribution in [1.29, 1.82) is 0 Å². The highest BCUT2D eigenvalue weighted by Crippen LogP contribution is 2.31. The van der Waals surface area contributed by atoms with Gasteiger partial charge in [0.25, 0.3) is 5.56 Å². The van der Waals surface area contributed by atoms with E-state index in [4.69, 9.17) is 4.74 Å². The number of rotatable bonds is 4. The number of allylic oxidation sites excluding steroid dienone is 1. The standard InChI is InChI=1S/C23H19BrN2O3S/c1-3-29-22(28)19-14(2)25-23-26(20(19)16-9-11-17(24)12-10-16)21(27)18(30-23)13-15-7-5-4-6-8-15/h4-13,20H,3H2,1-2H3/b18-13-/t20-/m1/s1. The zero-order valence-corrected chi connectivity index (χ0v) is 18.9. The first-order valence-electron chi connectivity index (χ1n) is 9.49. The molecule has 1 aliphatic heterocycles. The quantitative estimate of drug-likeness (QED) is 0.534. The molecular formula is C23H19BrN2O3S. The SMILES string of the molecule is CCOC(=O)C1=C(C)N=c2s/c(=C\c3ccccc3)c(=O)n2[C@@H]1c1ccc(Br)cc1. The fourth-order valence-electron chi connectivity index (χ4n) is 3.45. The monoisotopic (exact) mass is 482 g/mol. The second kappa shape index (κ2) is 8.53. The van der Waals surface area contributed by atoms with Crippen LogP contribution in [-0.4, -0.2) is 17.1 Å². The molecule has 0 saturated heterocycles. The van der Waals surface area contributed by atoms with E-state index in [1.54, 1.807) is 18.4 Å². The van der Waals surface area contributed by atoms with Crippen LogP contribution in [0.2, 0.25) is 0 Å². The Morgan fingerprint density at radius 1 is 1.20 bits per heavy atom. The van der Waals surface area contributed by atoms with Crippen molar-refractivity contribution in [1.82, 2.24) is 4.57 Å². The average molecular weight is 483 g/mol. The number of aromatic nitrogens is 1. The van der Waals surface area contributed by atoms with E-state index in [1.807, 2.05) is 60.7 Å². The number of hydrogen-bond acceptors (Lipinski definition) is 5. The molecule has 2 aromatic carbocycles. The summed E-state index contributed by atoms with van der Waals surface area (Å²) in [4.78, 5) is 31.4. The summed E-state index contributed by atoms with van der Waals surface area (Å²) in [6.45, 7) is 3.80. The van der Waals surface area contributed by atoms with Crippen molar-refractivity contribution in [3.63, 3.8) is 0 Å². The van der Waals surface area contributed by atoms with E-state index >= 15 is 0 Å². The molecular weight excluding hydrogens is 464 g/mol. The van der Waals surface area contributed by atoms with E-state index in [1.165, 1.54) is 11.3 Å². The molecule has 0 amide bonds. The number of halogens is 1. The Morgan fingerprint density at radius 2 is 1.90 bits per heavy atom. The van der Waals surface area contributed by atoms with Crippen LogP contribution in [0.5, 0.6) is 0 Å². The number of carbonyl (C=O) groups is 1. The van der Waals surface area contributed by atoms with Gasteiger partial charge in [0, 0.05) is 4.47 Å². The lowest BCUT2D eigenvalue weighted by atomic mass is 9.96. The number of fused-ring (bicyclic) bond motifs is 1. The molecule has 5 nitrogen and oxygen atoms in total. The molecule has 7 heteroatoms. The van der Waals surface area contributed by atoms with Gasteiger partial charge >= 0.3 is 5.97 Å². The molecule has 0 unspecified atom stereocenters. The highest BCUT2D eigenvalue weighted by Gasteiger charge is 2.33. The van der Waals surface area contributed by atoms with Gasteiger partial charge in [-0.15, -0.1) is 0 Å². The van der Waals surface area contributed by atoms with Crippen LogP contribution in [0.3, 0.4) is 0 Å². The minimum absolute atomic E-state index is 0.176. The highest BCUT2D eigenvalue weighted by atomic mass is 79.9. The maximum Gasteiger partial charge on any atom is 0.338 e. The lowest BCUT2D eigenvalue weighted by molar-refractivity contribution is -0.139. The minimum Gasteiger partial charge on any atom is -0.463 e. The average Bonchev–Trinajstić information content (AvgIpc) is 3.03. The molecule has 30 heavy (non-hydrogen) atoms. The third kappa shape index (κ3) is 3.82. The smallest absolute Gasteiger partial charge is 0.338 e. The van der Waals surface area contributed by atoms with Gasteiger partial charge in [0.1, 0.15) is 0 Å². The molecule has 0 aliphatic carbocycles. The van der Waals surface area contributed by atoms with Crippen LogP contribution < -0.4 is 14.9 Å². The topological polar surface area (TPSA) is 60.7 Å². The van der Waals surface area contributed by atoms with Gasteiger partial charge in [-0.3, -0.25) is 9.36 Å². The number of thiazole rings is 1. The predicted molar refractivity (Wildman–Crippen MR) is 121 cm³/mol. The summed E-state index contributed by atoms with van der Waals surface area (Å²) in [5.41, 5.74) is 2.53.